The van der Waals surface area contributed by atoms with Gasteiger partial charge in [0, 0.05) is 46.2 Å². The van der Waals surface area contributed by atoms with E-state index in [4.69, 9.17) is 32.7 Å². The number of anilines is 2. The van der Waals surface area contributed by atoms with Gasteiger partial charge < -0.3 is 14.4 Å². The summed E-state index contributed by atoms with van der Waals surface area (Å²) in [6.07, 6.45) is 3.24. The van der Waals surface area contributed by atoms with E-state index in [2.05, 4.69) is 50.4 Å². The molecule has 272 valence electrons. The molecule has 0 unspecified atom stereocenters. The third-order valence-electron chi connectivity index (χ3n) is 10.3. The minimum absolute atomic E-state index is 0.0616. The highest BCUT2D eigenvalue weighted by molar-refractivity contribution is 9.10. The Morgan fingerprint density at radius 3 is 2.06 bits per heavy atom. The van der Waals surface area contributed by atoms with Crippen molar-refractivity contribution in [2.45, 2.75) is 31.3 Å². The van der Waals surface area contributed by atoms with Gasteiger partial charge in [-0.25, -0.2) is 9.69 Å². The van der Waals surface area contributed by atoms with Gasteiger partial charge >= 0.3 is 6.03 Å². The maximum absolute atomic E-state index is 14.4. The Bertz CT molecular complexity index is 2260. The average Bonchev–Trinajstić information content (AvgIpc) is 3.17. The van der Waals surface area contributed by atoms with E-state index >= 15 is 0 Å². The monoisotopic (exact) mass is 821 g/mol. The summed E-state index contributed by atoms with van der Waals surface area (Å²) in [5.41, 5.74) is 7.06. The standard InChI is InChI=1S/C43H34BrCl2N3O5/c1-53-38-20-25(19-36(44)40(38)54-24-28-12-13-29(45)21-37(28)46)18-35-41(50)47-43(52)49(42(35)51)30-22-33-31(26-8-4-2-5-9-26)14-16-48-17-15-32(34(23-30)39(33)48)27-10-6-3-7-11-27/h2-13,18-23,31-32H,14-17,24H2,1H3,(H,47,50,52)/b35-18+/t31-,32-/m0/s1. The molecule has 0 aromatic heterocycles. The number of ether oxygens (including phenoxy) is 2. The van der Waals surface area contributed by atoms with Crippen molar-refractivity contribution in [2.75, 3.05) is 30.0 Å². The first-order valence-electron chi connectivity index (χ1n) is 17.6. The van der Waals surface area contributed by atoms with Gasteiger partial charge in [-0.05, 0) is 99.1 Å². The zero-order valence-electron chi connectivity index (χ0n) is 29.2. The summed E-state index contributed by atoms with van der Waals surface area (Å²) in [5.74, 6) is -0.628. The molecule has 5 aromatic rings. The van der Waals surface area contributed by atoms with Crippen molar-refractivity contribution in [1.82, 2.24) is 5.32 Å². The fraction of sp³-hybridized carbons (Fsp3) is 0.186. The molecule has 8 nitrogen and oxygen atoms in total. The molecule has 3 aliphatic heterocycles. The van der Waals surface area contributed by atoms with Gasteiger partial charge in [-0.15, -0.1) is 0 Å². The molecule has 0 spiro atoms. The zero-order chi connectivity index (χ0) is 37.5. The number of urea groups is 1. The van der Waals surface area contributed by atoms with Crippen molar-refractivity contribution in [3.05, 3.63) is 157 Å². The van der Waals surface area contributed by atoms with Crippen LogP contribution in [0.2, 0.25) is 10.0 Å². The number of hydrogen-bond acceptors (Lipinski definition) is 6. The molecular weight excluding hydrogens is 789 g/mol. The third kappa shape index (κ3) is 6.76. The molecule has 3 heterocycles. The number of rotatable bonds is 8. The lowest BCUT2D eigenvalue weighted by atomic mass is 9.76. The van der Waals surface area contributed by atoms with Crippen molar-refractivity contribution >= 4 is 74.4 Å². The molecule has 0 radical (unpaired) electrons. The number of benzene rings is 5. The van der Waals surface area contributed by atoms with E-state index in [1.54, 1.807) is 30.3 Å². The van der Waals surface area contributed by atoms with Crippen LogP contribution in [0.4, 0.5) is 16.2 Å². The van der Waals surface area contributed by atoms with Crippen LogP contribution in [0.1, 0.15) is 58.1 Å². The maximum atomic E-state index is 14.4. The van der Waals surface area contributed by atoms with Gasteiger partial charge in [0.1, 0.15) is 12.2 Å². The SMILES string of the molecule is COc1cc(/C=C2\C(=O)NC(=O)N(c3cc4c5c(c3)[C@H](c3ccccc3)CCN5CC[C@H]4c3ccccc3)C2=O)cc(Br)c1OCc1ccc(Cl)cc1Cl. The van der Waals surface area contributed by atoms with Crippen LogP contribution in [0, 0.1) is 0 Å². The highest BCUT2D eigenvalue weighted by atomic mass is 79.9. The average molecular weight is 824 g/mol. The minimum Gasteiger partial charge on any atom is -0.493 e. The van der Waals surface area contributed by atoms with Gasteiger partial charge in [0.05, 0.1) is 17.3 Å². The highest BCUT2D eigenvalue weighted by Crippen LogP contribution is 2.50. The highest BCUT2D eigenvalue weighted by Gasteiger charge is 2.40. The van der Waals surface area contributed by atoms with Crippen LogP contribution >= 0.6 is 39.1 Å². The Morgan fingerprint density at radius 1 is 0.833 bits per heavy atom. The minimum atomic E-state index is -0.798. The van der Waals surface area contributed by atoms with Gasteiger partial charge in [-0.3, -0.25) is 14.9 Å². The molecule has 54 heavy (non-hydrogen) atoms. The molecule has 1 saturated heterocycles. The summed E-state index contributed by atoms with van der Waals surface area (Å²) in [6, 6.07) is 32.3. The molecule has 8 rings (SSSR count). The number of amides is 4. The zero-order valence-corrected chi connectivity index (χ0v) is 32.2. The number of nitrogens with one attached hydrogen (secondary N) is 1. The Kier molecular flexibility index (Phi) is 9.96. The predicted molar refractivity (Wildman–Crippen MR) is 215 cm³/mol. The molecule has 0 aliphatic carbocycles. The Hall–Kier alpha value is -5.09. The van der Waals surface area contributed by atoms with Crippen molar-refractivity contribution in [1.29, 1.82) is 0 Å². The first kappa shape index (κ1) is 35.9. The number of carbonyl (C=O) groups excluding carboxylic acids is 3. The Labute approximate surface area is 331 Å². The van der Waals surface area contributed by atoms with E-state index in [1.165, 1.54) is 24.3 Å². The van der Waals surface area contributed by atoms with E-state index in [1.807, 2.05) is 48.5 Å². The van der Waals surface area contributed by atoms with Crippen LogP contribution in [-0.4, -0.2) is 38.0 Å². The number of halogens is 3. The van der Waals surface area contributed by atoms with Gasteiger partial charge in [0.2, 0.25) is 0 Å². The van der Waals surface area contributed by atoms with E-state index in [-0.39, 0.29) is 24.0 Å². The Balaban J connectivity index is 1.18. The Morgan fingerprint density at radius 2 is 1.46 bits per heavy atom. The fourth-order valence-electron chi connectivity index (χ4n) is 7.78. The predicted octanol–water partition coefficient (Wildman–Crippen LogP) is 9.89. The summed E-state index contributed by atoms with van der Waals surface area (Å²) in [7, 11) is 1.49. The second-order valence-electron chi connectivity index (χ2n) is 13.5. The molecular formula is C43H34BrCl2N3O5. The fourth-order valence-corrected chi connectivity index (χ4v) is 8.82. The molecule has 4 amide bonds. The maximum Gasteiger partial charge on any atom is 0.335 e. The second kappa shape index (κ2) is 15.0. The lowest BCUT2D eigenvalue weighted by Gasteiger charge is -2.44. The van der Waals surface area contributed by atoms with Crippen LogP contribution in [0.15, 0.2) is 113 Å². The number of hydrogen-bond donors (Lipinski definition) is 1. The molecule has 1 fully saturated rings. The summed E-state index contributed by atoms with van der Waals surface area (Å²) in [5, 5.41) is 3.40. The summed E-state index contributed by atoms with van der Waals surface area (Å²) in [6.45, 7) is 1.95. The smallest absolute Gasteiger partial charge is 0.335 e. The molecule has 0 saturated carbocycles. The van der Waals surface area contributed by atoms with Crippen LogP contribution in [0.25, 0.3) is 6.08 Å². The molecule has 2 atom stereocenters. The summed E-state index contributed by atoms with van der Waals surface area (Å²) in [4.78, 5) is 44.9. The van der Waals surface area contributed by atoms with Gasteiger partial charge in [0.25, 0.3) is 11.8 Å². The normalized spacial score (nSPS) is 18.7. The van der Waals surface area contributed by atoms with E-state index < -0.39 is 17.8 Å². The van der Waals surface area contributed by atoms with E-state index in [0.29, 0.717) is 37.3 Å². The largest absolute Gasteiger partial charge is 0.493 e. The summed E-state index contributed by atoms with van der Waals surface area (Å²) >= 11 is 16.0. The molecule has 3 aliphatic rings. The van der Waals surface area contributed by atoms with Crippen LogP contribution in [-0.2, 0) is 16.2 Å². The molecule has 5 aromatic carbocycles. The quantitative estimate of drug-likeness (QED) is 0.124. The number of barbiturate groups is 1. The van der Waals surface area contributed by atoms with Gasteiger partial charge in [0.15, 0.2) is 11.5 Å². The van der Waals surface area contributed by atoms with E-state index in [0.717, 1.165) is 53.2 Å². The molecule has 1 N–H and O–H groups in total. The lowest BCUT2D eigenvalue weighted by molar-refractivity contribution is -0.122. The van der Waals surface area contributed by atoms with E-state index in [9.17, 15) is 14.4 Å². The molecule has 0 bridgehead atoms. The number of methoxy groups -OCH3 is 1. The first-order chi connectivity index (χ1) is 26.2. The van der Waals surface area contributed by atoms with Crippen LogP contribution in [0.3, 0.4) is 0 Å². The van der Waals surface area contributed by atoms with Crippen molar-refractivity contribution in [2.24, 2.45) is 0 Å². The van der Waals surface area contributed by atoms with Gasteiger partial charge in [-0.1, -0.05) is 89.9 Å². The lowest BCUT2D eigenvalue weighted by Crippen LogP contribution is -2.54. The topological polar surface area (TPSA) is 88.2 Å². The number of imide groups is 2. The second-order valence-corrected chi connectivity index (χ2v) is 15.2. The molecule has 11 heteroatoms. The van der Waals surface area contributed by atoms with Crippen LogP contribution in [0.5, 0.6) is 11.5 Å². The third-order valence-corrected chi connectivity index (χ3v) is 11.5. The van der Waals surface area contributed by atoms with Crippen molar-refractivity contribution < 1.29 is 23.9 Å². The summed E-state index contributed by atoms with van der Waals surface area (Å²) < 4.78 is 12.2. The van der Waals surface area contributed by atoms with Crippen LogP contribution < -0.4 is 24.6 Å². The first-order valence-corrected chi connectivity index (χ1v) is 19.1. The van der Waals surface area contributed by atoms with Crippen molar-refractivity contribution in [3.8, 4) is 11.5 Å². The van der Waals surface area contributed by atoms with Crippen molar-refractivity contribution in [3.63, 3.8) is 0 Å². The number of nitrogens with zero attached hydrogens (tertiary/aromatic N) is 2. The number of carbonyl (C=O) groups is 3. The van der Waals surface area contributed by atoms with Gasteiger partial charge in [-0.2, -0.15) is 0 Å².